The zero-order valence-corrected chi connectivity index (χ0v) is 11.7. The first-order valence-electron chi connectivity index (χ1n) is 7.03. The number of hydrogen-bond donors (Lipinski definition) is 2. The van der Waals surface area contributed by atoms with Crippen LogP contribution in [0.15, 0.2) is 24.3 Å². The Labute approximate surface area is 115 Å². The van der Waals surface area contributed by atoms with E-state index >= 15 is 0 Å². The van der Waals surface area contributed by atoms with Crippen LogP contribution in [0.4, 0.5) is 0 Å². The lowest BCUT2D eigenvalue weighted by molar-refractivity contribution is 0.510. The van der Waals surface area contributed by atoms with Crippen LogP contribution < -0.4 is 10.6 Å². The SMILES string of the molecule is Clc1cccc(CNCCCC[C@H]2CCCN2)c1. The van der Waals surface area contributed by atoms with Crippen LogP contribution in [0.2, 0.25) is 5.02 Å². The van der Waals surface area contributed by atoms with E-state index in [-0.39, 0.29) is 0 Å². The first kappa shape index (κ1) is 13.9. The average Bonchev–Trinajstić information content (AvgIpc) is 2.87. The van der Waals surface area contributed by atoms with Crippen LogP contribution in [0.1, 0.15) is 37.7 Å². The van der Waals surface area contributed by atoms with Crippen molar-refractivity contribution in [1.29, 1.82) is 0 Å². The van der Waals surface area contributed by atoms with Crippen LogP contribution in [0.3, 0.4) is 0 Å². The highest BCUT2D eigenvalue weighted by molar-refractivity contribution is 6.30. The summed E-state index contributed by atoms with van der Waals surface area (Å²) in [6.07, 6.45) is 6.64. The van der Waals surface area contributed by atoms with E-state index in [0.29, 0.717) is 0 Å². The summed E-state index contributed by atoms with van der Waals surface area (Å²) < 4.78 is 0. The van der Waals surface area contributed by atoms with Gasteiger partial charge in [-0.1, -0.05) is 30.2 Å². The second-order valence-electron chi connectivity index (χ2n) is 5.10. The van der Waals surface area contributed by atoms with Gasteiger partial charge in [0.25, 0.3) is 0 Å². The Morgan fingerprint density at radius 3 is 3.06 bits per heavy atom. The molecule has 0 spiro atoms. The molecule has 0 bridgehead atoms. The van der Waals surface area contributed by atoms with Gasteiger partial charge in [-0.2, -0.15) is 0 Å². The van der Waals surface area contributed by atoms with E-state index in [9.17, 15) is 0 Å². The first-order chi connectivity index (χ1) is 8.84. The summed E-state index contributed by atoms with van der Waals surface area (Å²) in [6.45, 7) is 3.24. The highest BCUT2D eigenvalue weighted by Gasteiger charge is 2.12. The lowest BCUT2D eigenvalue weighted by Gasteiger charge is -2.10. The van der Waals surface area contributed by atoms with Gasteiger partial charge >= 0.3 is 0 Å². The minimum absolute atomic E-state index is 0.790. The molecule has 1 saturated heterocycles. The van der Waals surface area contributed by atoms with Gasteiger partial charge in [-0.25, -0.2) is 0 Å². The standard InChI is InChI=1S/C15H23ClN2/c16-14-6-3-5-13(11-14)12-17-9-2-1-7-15-8-4-10-18-15/h3,5-6,11,15,17-18H,1-2,4,7-10,12H2/t15-/m0/s1. The van der Waals surface area contributed by atoms with E-state index in [2.05, 4.69) is 16.7 Å². The third-order valence-corrected chi connectivity index (χ3v) is 3.77. The first-order valence-corrected chi connectivity index (χ1v) is 7.41. The van der Waals surface area contributed by atoms with E-state index in [0.717, 1.165) is 24.2 Å². The largest absolute Gasteiger partial charge is 0.314 e. The van der Waals surface area contributed by atoms with Crippen molar-refractivity contribution < 1.29 is 0 Å². The molecular weight excluding hydrogens is 244 g/mol. The molecular formula is C15H23ClN2. The molecule has 2 rings (SSSR count). The Balaban J connectivity index is 1.50. The van der Waals surface area contributed by atoms with E-state index in [1.165, 1.54) is 44.2 Å². The fraction of sp³-hybridized carbons (Fsp3) is 0.600. The molecule has 1 atom stereocenters. The molecule has 3 heteroatoms. The Bertz CT molecular complexity index is 348. The van der Waals surface area contributed by atoms with Crippen molar-refractivity contribution in [2.75, 3.05) is 13.1 Å². The van der Waals surface area contributed by atoms with Crippen molar-refractivity contribution in [2.24, 2.45) is 0 Å². The monoisotopic (exact) mass is 266 g/mol. The van der Waals surface area contributed by atoms with Crippen molar-refractivity contribution in [3.05, 3.63) is 34.9 Å². The molecule has 0 amide bonds. The summed E-state index contributed by atoms with van der Waals surface area (Å²) >= 11 is 5.95. The molecule has 1 heterocycles. The second kappa shape index (κ2) is 7.78. The minimum atomic E-state index is 0.790. The molecule has 18 heavy (non-hydrogen) atoms. The van der Waals surface area contributed by atoms with Crippen LogP contribution in [-0.4, -0.2) is 19.1 Å². The zero-order chi connectivity index (χ0) is 12.6. The third kappa shape index (κ3) is 4.97. The van der Waals surface area contributed by atoms with Crippen molar-refractivity contribution in [2.45, 2.75) is 44.7 Å². The summed E-state index contributed by atoms with van der Waals surface area (Å²) in [4.78, 5) is 0. The summed E-state index contributed by atoms with van der Waals surface area (Å²) in [6, 6.07) is 8.85. The van der Waals surface area contributed by atoms with Gasteiger partial charge in [0.2, 0.25) is 0 Å². The maximum Gasteiger partial charge on any atom is 0.0409 e. The number of nitrogens with one attached hydrogen (secondary N) is 2. The molecule has 100 valence electrons. The van der Waals surface area contributed by atoms with Crippen LogP contribution in [0, 0.1) is 0 Å². The smallest absolute Gasteiger partial charge is 0.0409 e. The van der Waals surface area contributed by atoms with Gasteiger partial charge in [-0.05, 0) is 56.5 Å². The fourth-order valence-corrected chi connectivity index (χ4v) is 2.74. The van der Waals surface area contributed by atoms with Crippen LogP contribution in [-0.2, 0) is 6.54 Å². The number of halogens is 1. The van der Waals surface area contributed by atoms with Crippen molar-refractivity contribution >= 4 is 11.6 Å². The maximum absolute atomic E-state index is 5.95. The molecule has 2 nitrogen and oxygen atoms in total. The van der Waals surface area contributed by atoms with Gasteiger partial charge in [0.1, 0.15) is 0 Å². The number of rotatable bonds is 7. The molecule has 0 aliphatic carbocycles. The molecule has 1 aliphatic heterocycles. The maximum atomic E-state index is 5.95. The van der Waals surface area contributed by atoms with Crippen molar-refractivity contribution in [3.63, 3.8) is 0 Å². The molecule has 2 N–H and O–H groups in total. The van der Waals surface area contributed by atoms with E-state index < -0.39 is 0 Å². The zero-order valence-electron chi connectivity index (χ0n) is 10.9. The van der Waals surface area contributed by atoms with Gasteiger partial charge < -0.3 is 10.6 Å². The predicted octanol–water partition coefficient (Wildman–Crippen LogP) is 3.35. The normalized spacial score (nSPS) is 19.3. The molecule has 1 aromatic rings. The predicted molar refractivity (Wildman–Crippen MR) is 78.0 cm³/mol. The lowest BCUT2D eigenvalue weighted by atomic mass is 10.1. The summed E-state index contributed by atoms with van der Waals surface area (Å²) in [5.74, 6) is 0. The molecule has 0 unspecified atom stereocenters. The molecule has 0 aromatic heterocycles. The summed E-state index contributed by atoms with van der Waals surface area (Å²) in [7, 11) is 0. The molecule has 0 saturated carbocycles. The number of unbranched alkanes of at least 4 members (excludes halogenated alkanes) is 1. The minimum Gasteiger partial charge on any atom is -0.314 e. The van der Waals surface area contributed by atoms with Crippen LogP contribution in [0.5, 0.6) is 0 Å². The van der Waals surface area contributed by atoms with Crippen LogP contribution >= 0.6 is 11.6 Å². The quantitative estimate of drug-likeness (QED) is 0.740. The Morgan fingerprint density at radius 1 is 1.33 bits per heavy atom. The fourth-order valence-electron chi connectivity index (χ4n) is 2.52. The van der Waals surface area contributed by atoms with E-state index in [4.69, 9.17) is 11.6 Å². The van der Waals surface area contributed by atoms with Gasteiger partial charge in [0.05, 0.1) is 0 Å². The molecule has 1 aliphatic rings. The van der Waals surface area contributed by atoms with Crippen molar-refractivity contribution in [1.82, 2.24) is 10.6 Å². The van der Waals surface area contributed by atoms with Crippen molar-refractivity contribution in [3.8, 4) is 0 Å². The molecule has 1 aromatic carbocycles. The van der Waals surface area contributed by atoms with Crippen LogP contribution in [0.25, 0.3) is 0 Å². The summed E-state index contributed by atoms with van der Waals surface area (Å²) in [5.41, 5.74) is 1.26. The van der Waals surface area contributed by atoms with Gasteiger partial charge in [-0.15, -0.1) is 0 Å². The van der Waals surface area contributed by atoms with Gasteiger partial charge in [-0.3, -0.25) is 0 Å². The highest BCUT2D eigenvalue weighted by atomic mass is 35.5. The van der Waals surface area contributed by atoms with E-state index in [1.807, 2.05) is 18.2 Å². The Morgan fingerprint density at radius 2 is 2.28 bits per heavy atom. The Hall–Kier alpha value is -0.570. The Kier molecular flexibility index (Phi) is 5.98. The van der Waals surface area contributed by atoms with Gasteiger partial charge in [0, 0.05) is 17.6 Å². The highest BCUT2D eigenvalue weighted by Crippen LogP contribution is 2.12. The molecule has 1 fully saturated rings. The second-order valence-corrected chi connectivity index (χ2v) is 5.53. The third-order valence-electron chi connectivity index (χ3n) is 3.54. The number of benzene rings is 1. The average molecular weight is 267 g/mol. The van der Waals surface area contributed by atoms with E-state index in [1.54, 1.807) is 0 Å². The lowest BCUT2D eigenvalue weighted by Crippen LogP contribution is -2.21. The molecule has 0 radical (unpaired) electrons. The number of hydrogen-bond acceptors (Lipinski definition) is 2. The van der Waals surface area contributed by atoms with Gasteiger partial charge in [0.15, 0.2) is 0 Å². The topological polar surface area (TPSA) is 24.1 Å². The summed E-state index contributed by atoms with van der Waals surface area (Å²) in [5, 5.41) is 7.84.